The molecule has 2 aliphatic heterocycles. The summed E-state index contributed by atoms with van der Waals surface area (Å²) >= 11 is 1.45. The standard InChI is InChI=1S/C20H16N4O3S/c21-10-24-7-6-13(9-24)19(25)23-20-22-15-3-1-2-14(18(15)28-20)12-4-5-16-17(8-12)27-11-26-16/h1-5,8,13H,6-7,9,11H2,(H,22,23,25)/t13-/m0/s1. The zero-order valence-corrected chi connectivity index (χ0v) is 15.7. The number of nitrogens with zero attached hydrogens (tertiary/aromatic N) is 3. The topological polar surface area (TPSA) is 87.5 Å². The van der Waals surface area contributed by atoms with E-state index in [4.69, 9.17) is 14.7 Å². The number of hydrogen-bond acceptors (Lipinski definition) is 7. The van der Waals surface area contributed by atoms with Crippen LogP contribution in [-0.2, 0) is 4.79 Å². The highest BCUT2D eigenvalue weighted by Crippen LogP contribution is 2.40. The van der Waals surface area contributed by atoms with Gasteiger partial charge in [0.15, 0.2) is 22.8 Å². The zero-order valence-electron chi connectivity index (χ0n) is 14.8. The molecule has 0 unspecified atom stereocenters. The fraction of sp³-hybridized carbons (Fsp3) is 0.250. The molecule has 0 spiro atoms. The Labute approximate surface area is 165 Å². The third-order valence-corrected chi connectivity index (χ3v) is 6.05. The van der Waals surface area contributed by atoms with Gasteiger partial charge in [-0.05, 0) is 30.2 Å². The molecule has 140 valence electrons. The molecule has 8 heteroatoms. The van der Waals surface area contributed by atoms with Crippen molar-refractivity contribution in [3.63, 3.8) is 0 Å². The van der Waals surface area contributed by atoms with E-state index < -0.39 is 0 Å². The molecule has 0 saturated carbocycles. The van der Waals surface area contributed by atoms with Crippen LogP contribution < -0.4 is 14.8 Å². The lowest BCUT2D eigenvalue weighted by molar-refractivity contribution is -0.119. The fourth-order valence-corrected chi connectivity index (χ4v) is 4.57. The molecule has 5 rings (SSSR count). The van der Waals surface area contributed by atoms with Gasteiger partial charge in [-0.15, -0.1) is 0 Å². The van der Waals surface area contributed by atoms with E-state index in [-0.39, 0.29) is 18.6 Å². The lowest BCUT2D eigenvalue weighted by Gasteiger charge is -2.08. The summed E-state index contributed by atoms with van der Waals surface area (Å²) in [6.45, 7) is 1.34. The number of nitrogens with one attached hydrogen (secondary N) is 1. The molecule has 7 nitrogen and oxygen atoms in total. The monoisotopic (exact) mass is 392 g/mol. The van der Waals surface area contributed by atoms with E-state index in [1.807, 2.05) is 36.4 Å². The number of nitriles is 1. The molecular weight excluding hydrogens is 376 g/mol. The summed E-state index contributed by atoms with van der Waals surface area (Å²) in [4.78, 5) is 18.7. The molecule has 0 radical (unpaired) electrons. The summed E-state index contributed by atoms with van der Waals surface area (Å²) in [6, 6.07) is 11.8. The lowest BCUT2D eigenvalue weighted by atomic mass is 10.0. The van der Waals surface area contributed by atoms with E-state index in [0.29, 0.717) is 24.6 Å². The first-order valence-corrected chi connectivity index (χ1v) is 9.78. The van der Waals surface area contributed by atoms with Gasteiger partial charge in [-0.2, -0.15) is 5.26 Å². The number of hydrogen-bond donors (Lipinski definition) is 1. The first-order chi connectivity index (χ1) is 13.7. The Morgan fingerprint density at radius 2 is 2.18 bits per heavy atom. The van der Waals surface area contributed by atoms with Crippen molar-refractivity contribution >= 4 is 32.6 Å². The normalized spacial score (nSPS) is 17.7. The average Bonchev–Trinajstić information content (AvgIpc) is 3.44. The molecule has 1 fully saturated rings. The highest BCUT2D eigenvalue weighted by Gasteiger charge is 2.28. The number of carbonyl (C=O) groups is 1. The number of amides is 1. The Bertz CT molecular complexity index is 1120. The Kier molecular flexibility index (Phi) is 4.02. The van der Waals surface area contributed by atoms with Crippen LogP contribution in [0.15, 0.2) is 36.4 Å². The van der Waals surface area contributed by atoms with Gasteiger partial charge in [-0.25, -0.2) is 4.98 Å². The predicted octanol–water partition coefficient (Wildman–Crippen LogP) is 3.43. The van der Waals surface area contributed by atoms with Gasteiger partial charge in [0.25, 0.3) is 0 Å². The molecule has 2 aromatic carbocycles. The van der Waals surface area contributed by atoms with Crippen LogP contribution in [-0.4, -0.2) is 35.7 Å². The van der Waals surface area contributed by atoms with Gasteiger partial charge in [0.1, 0.15) is 0 Å². The maximum absolute atomic E-state index is 12.5. The SMILES string of the molecule is N#CN1CC[C@H](C(=O)Nc2nc3cccc(-c4ccc5c(c4)OCO5)c3s2)C1. The van der Waals surface area contributed by atoms with Gasteiger partial charge in [-0.3, -0.25) is 4.79 Å². The largest absolute Gasteiger partial charge is 0.454 e. The van der Waals surface area contributed by atoms with E-state index in [1.54, 1.807) is 4.90 Å². The summed E-state index contributed by atoms with van der Waals surface area (Å²) in [6.07, 6.45) is 2.79. The lowest BCUT2D eigenvalue weighted by Crippen LogP contribution is -2.25. The number of aromatic nitrogens is 1. The Morgan fingerprint density at radius 1 is 1.29 bits per heavy atom. The summed E-state index contributed by atoms with van der Waals surface area (Å²) in [7, 11) is 0. The third kappa shape index (κ3) is 2.90. The first-order valence-electron chi connectivity index (χ1n) is 8.96. The number of anilines is 1. The minimum absolute atomic E-state index is 0.0820. The fourth-order valence-electron chi connectivity index (χ4n) is 3.57. The number of carbonyl (C=O) groups excluding carboxylic acids is 1. The van der Waals surface area contributed by atoms with Crippen molar-refractivity contribution in [2.45, 2.75) is 6.42 Å². The number of likely N-dealkylation sites (tertiary alicyclic amines) is 1. The van der Waals surface area contributed by atoms with Crippen molar-refractivity contribution in [1.82, 2.24) is 9.88 Å². The van der Waals surface area contributed by atoms with Crippen molar-refractivity contribution in [1.29, 1.82) is 5.26 Å². The molecule has 1 aromatic heterocycles. The smallest absolute Gasteiger partial charge is 0.231 e. The maximum Gasteiger partial charge on any atom is 0.231 e. The van der Waals surface area contributed by atoms with Gasteiger partial charge in [0, 0.05) is 18.7 Å². The predicted molar refractivity (Wildman–Crippen MR) is 105 cm³/mol. The van der Waals surface area contributed by atoms with Crippen molar-refractivity contribution in [3.8, 4) is 28.8 Å². The summed E-state index contributed by atoms with van der Waals surface area (Å²) in [5, 5.41) is 12.5. The summed E-state index contributed by atoms with van der Waals surface area (Å²) in [5.41, 5.74) is 2.88. The minimum atomic E-state index is -0.181. The molecule has 1 N–H and O–H groups in total. The Hall–Kier alpha value is -3.31. The second-order valence-corrected chi connectivity index (χ2v) is 7.76. The van der Waals surface area contributed by atoms with E-state index in [0.717, 1.165) is 32.8 Å². The second kappa shape index (κ2) is 6.69. The van der Waals surface area contributed by atoms with Gasteiger partial charge in [-0.1, -0.05) is 29.5 Å². The van der Waals surface area contributed by atoms with Crippen molar-refractivity contribution in [2.75, 3.05) is 25.2 Å². The molecule has 1 atom stereocenters. The van der Waals surface area contributed by atoms with Gasteiger partial charge in [0.05, 0.1) is 16.1 Å². The van der Waals surface area contributed by atoms with Crippen LogP contribution in [0.2, 0.25) is 0 Å². The molecule has 1 saturated heterocycles. The molecule has 0 aliphatic carbocycles. The maximum atomic E-state index is 12.5. The molecular formula is C20H16N4O3S. The van der Waals surface area contributed by atoms with E-state index in [1.165, 1.54) is 11.3 Å². The van der Waals surface area contributed by atoms with E-state index in [2.05, 4.69) is 16.5 Å². The number of thiazole rings is 1. The molecule has 0 bridgehead atoms. The van der Waals surface area contributed by atoms with Gasteiger partial charge < -0.3 is 19.7 Å². The molecule has 3 heterocycles. The van der Waals surface area contributed by atoms with Gasteiger partial charge >= 0.3 is 0 Å². The second-order valence-electron chi connectivity index (χ2n) is 6.76. The van der Waals surface area contributed by atoms with Gasteiger partial charge in [0.2, 0.25) is 12.7 Å². The van der Waals surface area contributed by atoms with Crippen LogP contribution in [0.3, 0.4) is 0 Å². The van der Waals surface area contributed by atoms with Crippen molar-refractivity contribution in [2.24, 2.45) is 5.92 Å². The summed E-state index contributed by atoms with van der Waals surface area (Å²) in [5.74, 6) is 1.22. The highest BCUT2D eigenvalue weighted by molar-refractivity contribution is 7.22. The Morgan fingerprint density at radius 3 is 3.04 bits per heavy atom. The third-order valence-electron chi connectivity index (χ3n) is 5.03. The van der Waals surface area contributed by atoms with Crippen LogP contribution >= 0.6 is 11.3 Å². The molecule has 1 amide bonds. The van der Waals surface area contributed by atoms with Crippen LogP contribution in [0.25, 0.3) is 21.3 Å². The van der Waals surface area contributed by atoms with Crippen molar-refractivity contribution in [3.05, 3.63) is 36.4 Å². The van der Waals surface area contributed by atoms with E-state index in [9.17, 15) is 4.79 Å². The minimum Gasteiger partial charge on any atom is -0.454 e. The number of benzene rings is 2. The van der Waals surface area contributed by atoms with Crippen LogP contribution in [0.5, 0.6) is 11.5 Å². The summed E-state index contributed by atoms with van der Waals surface area (Å²) < 4.78 is 11.9. The van der Waals surface area contributed by atoms with E-state index >= 15 is 0 Å². The molecule has 3 aromatic rings. The number of fused-ring (bicyclic) bond motifs is 2. The van der Waals surface area contributed by atoms with Crippen LogP contribution in [0, 0.1) is 17.4 Å². The average molecular weight is 392 g/mol. The first kappa shape index (κ1) is 16.8. The quantitative estimate of drug-likeness (QED) is 0.687. The molecule has 2 aliphatic rings. The van der Waals surface area contributed by atoms with Crippen LogP contribution in [0.1, 0.15) is 6.42 Å². The molecule has 28 heavy (non-hydrogen) atoms. The highest BCUT2D eigenvalue weighted by atomic mass is 32.1. The van der Waals surface area contributed by atoms with Crippen LogP contribution in [0.4, 0.5) is 5.13 Å². The Balaban J connectivity index is 1.43. The number of ether oxygens (including phenoxy) is 2. The van der Waals surface area contributed by atoms with Crippen molar-refractivity contribution < 1.29 is 14.3 Å². The number of rotatable bonds is 3. The zero-order chi connectivity index (χ0) is 19.1.